The third-order valence-electron chi connectivity index (χ3n) is 4.69. The molecule has 0 saturated carbocycles. The zero-order chi connectivity index (χ0) is 20.8. The second-order valence-corrected chi connectivity index (χ2v) is 7.15. The molecule has 0 fully saturated rings. The number of pyridine rings is 2. The second kappa shape index (κ2) is 9.24. The Bertz CT molecular complexity index is 1050. The van der Waals surface area contributed by atoms with E-state index in [1.807, 2.05) is 54.6 Å². The quantitative estimate of drug-likeness (QED) is 0.488. The molecule has 6 nitrogen and oxygen atoms in total. The molecule has 3 heterocycles. The van der Waals surface area contributed by atoms with E-state index in [4.69, 9.17) is 9.97 Å². The first-order valence-electron chi connectivity index (χ1n) is 9.87. The molecule has 30 heavy (non-hydrogen) atoms. The molecule has 0 amide bonds. The molecule has 3 aromatic heterocycles. The van der Waals surface area contributed by atoms with Gasteiger partial charge in [0.1, 0.15) is 11.5 Å². The molecule has 0 saturated heterocycles. The van der Waals surface area contributed by atoms with Crippen LogP contribution in [0.15, 0.2) is 79.3 Å². The average molecular weight is 397 g/mol. The molecule has 150 valence electrons. The summed E-state index contributed by atoms with van der Waals surface area (Å²) in [5.74, 6) is 1.30. The third kappa shape index (κ3) is 4.85. The molecule has 4 rings (SSSR count). The van der Waals surface area contributed by atoms with Crippen molar-refractivity contribution < 1.29 is 5.11 Å². The molecule has 0 spiro atoms. The Morgan fingerprint density at radius 3 is 2.57 bits per heavy atom. The zero-order valence-electron chi connectivity index (χ0n) is 16.7. The van der Waals surface area contributed by atoms with Gasteiger partial charge in [-0.2, -0.15) is 0 Å². The molecule has 0 aliphatic carbocycles. The number of hydrogen-bond donors (Lipinski definition) is 2. The molecule has 1 atom stereocenters. The van der Waals surface area contributed by atoms with E-state index in [0.717, 1.165) is 40.3 Å². The van der Waals surface area contributed by atoms with Crippen LogP contribution in [0.2, 0.25) is 0 Å². The van der Waals surface area contributed by atoms with Gasteiger partial charge < -0.3 is 10.4 Å². The summed E-state index contributed by atoms with van der Waals surface area (Å²) in [6, 6.07) is 19.6. The Balaban J connectivity index is 1.63. The first-order chi connectivity index (χ1) is 14.7. The van der Waals surface area contributed by atoms with Gasteiger partial charge in [-0.3, -0.25) is 9.97 Å². The van der Waals surface area contributed by atoms with Crippen molar-refractivity contribution in [2.24, 2.45) is 0 Å². The summed E-state index contributed by atoms with van der Waals surface area (Å²) in [4.78, 5) is 18.0. The number of aliphatic hydroxyl groups is 1. The minimum absolute atomic E-state index is 0.0451. The number of aliphatic hydroxyl groups excluding tert-OH is 1. The first kappa shape index (κ1) is 19.7. The fraction of sp³-hybridized carbons (Fsp3) is 0.167. The van der Waals surface area contributed by atoms with Crippen LogP contribution in [0.4, 0.5) is 5.82 Å². The molecule has 1 unspecified atom stereocenters. The highest BCUT2D eigenvalue weighted by Crippen LogP contribution is 2.23. The van der Waals surface area contributed by atoms with Crippen LogP contribution in [0.3, 0.4) is 0 Å². The molecular formula is C24H23N5O. The van der Waals surface area contributed by atoms with Crippen LogP contribution in [-0.2, 0) is 13.0 Å². The topological polar surface area (TPSA) is 83.8 Å². The van der Waals surface area contributed by atoms with Crippen molar-refractivity contribution in [3.05, 3.63) is 90.4 Å². The number of aromatic nitrogens is 4. The summed E-state index contributed by atoms with van der Waals surface area (Å²) in [5, 5.41) is 12.9. The van der Waals surface area contributed by atoms with Gasteiger partial charge in [-0.05, 0) is 48.7 Å². The molecule has 2 N–H and O–H groups in total. The van der Waals surface area contributed by atoms with E-state index in [2.05, 4.69) is 28.3 Å². The van der Waals surface area contributed by atoms with E-state index in [1.54, 1.807) is 18.6 Å². The summed E-state index contributed by atoms with van der Waals surface area (Å²) in [6.45, 7) is 2.15. The van der Waals surface area contributed by atoms with E-state index in [1.165, 1.54) is 0 Å². The number of nitrogens with one attached hydrogen (secondary N) is 1. The van der Waals surface area contributed by atoms with Gasteiger partial charge in [-0.15, -0.1) is 0 Å². The molecule has 6 heteroatoms. The zero-order valence-corrected chi connectivity index (χ0v) is 16.7. The minimum Gasteiger partial charge on any atom is -0.392 e. The molecule has 0 bridgehead atoms. The van der Waals surface area contributed by atoms with E-state index in [-0.39, 0.29) is 12.6 Å². The lowest BCUT2D eigenvalue weighted by Gasteiger charge is -2.16. The van der Waals surface area contributed by atoms with Gasteiger partial charge in [0, 0.05) is 36.3 Å². The largest absolute Gasteiger partial charge is 0.392 e. The van der Waals surface area contributed by atoms with Crippen molar-refractivity contribution >= 4 is 5.82 Å². The molecule has 4 aromatic rings. The normalized spacial score (nSPS) is 11.8. The molecular weight excluding hydrogens is 374 g/mol. The second-order valence-electron chi connectivity index (χ2n) is 7.15. The predicted molar refractivity (Wildman–Crippen MR) is 118 cm³/mol. The lowest BCUT2D eigenvalue weighted by atomic mass is 10.0. The summed E-state index contributed by atoms with van der Waals surface area (Å²) in [6.07, 6.45) is 6.07. The van der Waals surface area contributed by atoms with Crippen LogP contribution in [0.5, 0.6) is 0 Å². The van der Waals surface area contributed by atoms with Crippen molar-refractivity contribution in [2.45, 2.75) is 26.0 Å². The number of hydrogen-bond acceptors (Lipinski definition) is 6. The maximum atomic E-state index is 9.37. The van der Waals surface area contributed by atoms with Gasteiger partial charge >= 0.3 is 0 Å². The molecule has 0 aliphatic rings. The maximum absolute atomic E-state index is 9.37. The van der Waals surface area contributed by atoms with Gasteiger partial charge in [0.2, 0.25) is 0 Å². The van der Waals surface area contributed by atoms with Gasteiger partial charge in [-0.25, -0.2) is 9.97 Å². The van der Waals surface area contributed by atoms with Crippen molar-refractivity contribution in [3.8, 4) is 22.8 Å². The van der Waals surface area contributed by atoms with E-state index < -0.39 is 0 Å². The Morgan fingerprint density at radius 2 is 1.80 bits per heavy atom. The van der Waals surface area contributed by atoms with Crippen molar-refractivity contribution in [1.82, 2.24) is 19.9 Å². The van der Waals surface area contributed by atoms with Gasteiger partial charge in [0.15, 0.2) is 5.82 Å². The fourth-order valence-electron chi connectivity index (χ4n) is 3.30. The van der Waals surface area contributed by atoms with Gasteiger partial charge in [0.25, 0.3) is 0 Å². The number of nitrogens with zero attached hydrogens (tertiary/aromatic N) is 4. The number of rotatable bonds is 7. The van der Waals surface area contributed by atoms with Crippen LogP contribution in [0.1, 0.15) is 18.1 Å². The summed E-state index contributed by atoms with van der Waals surface area (Å²) in [5.41, 5.74) is 4.50. The van der Waals surface area contributed by atoms with Gasteiger partial charge in [-0.1, -0.05) is 30.3 Å². The summed E-state index contributed by atoms with van der Waals surface area (Å²) >= 11 is 0. The minimum atomic E-state index is 0.0451. The van der Waals surface area contributed by atoms with Gasteiger partial charge in [0.05, 0.1) is 12.3 Å². The lowest BCUT2D eigenvalue weighted by molar-refractivity contribution is 0.281. The van der Waals surface area contributed by atoms with Crippen molar-refractivity contribution in [1.29, 1.82) is 0 Å². The Morgan fingerprint density at radius 1 is 0.900 bits per heavy atom. The van der Waals surface area contributed by atoms with Crippen LogP contribution in [0, 0.1) is 0 Å². The third-order valence-corrected chi connectivity index (χ3v) is 4.69. The van der Waals surface area contributed by atoms with Crippen LogP contribution in [0.25, 0.3) is 22.8 Å². The Labute approximate surface area is 175 Å². The lowest BCUT2D eigenvalue weighted by Crippen LogP contribution is -2.19. The SMILES string of the molecule is CC(Cc1cccc(CO)c1)Nc1cc(-c2cccnc2)nc(-c2ccccn2)n1. The average Bonchev–Trinajstić information content (AvgIpc) is 2.80. The highest BCUT2D eigenvalue weighted by molar-refractivity contribution is 5.65. The highest BCUT2D eigenvalue weighted by atomic mass is 16.3. The van der Waals surface area contributed by atoms with Crippen LogP contribution < -0.4 is 5.32 Å². The smallest absolute Gasteiger partial charge is 0.180 e. The monoisotopic (exact) mass is 397 g/mol. The van der Waals surface area contributed by atoms with Crippen molar-refractivity contribution in [2.75, 3.05) is 5.32 Å². The first-order valence-corrected chi connectivity index (χ1v) is 9.87. The Kier molecular flexibility index (Phi) is 6.06. The van der Waals surface area contributed by atoms with Crippen LogP contribution in [-0.4, -0.2) is 31.1 Å². The highest BCUT2D eigenvalue weighted by Gasteiger charge is 2.12. The molecule has 1 aromatic carbocycles. The predicted octanol–water partition coefficient (Wildman–Crippen LogP) is 4.14. The standard InChI is InChI=1S/C24H23N5O/c1-17(12-18-6-4-7-19(13-18)16-30)27-23-14-22(20-8-5-10-25-15-20)28-24(29-23)21-9-2-3-11-26-21/h2-11,13-15,17,30H,12,16H2,1H3,(H,27,28,29). The Hall–Kier alpha value is -3.64. The van der Waals surface area contributed by atoms with Crippen LogP contribution >= 0.6 is 0 Å². The van der Waals surface area contributed by atoms with E-state index in [0.29, 0.717) is 5.82 Å². The fourth-order valence-corrected chi connectivity index (χ4v) is 3.30. The van der Waals surface area contributed by atoms with Crippen molar-refractivity contribution in [3.63, 3.8) is 0 Å². The van der Waals surface area contributed by atoms with E-state index >= 15 is 0 Å². The summed E-state index contributed by atoms with van der Waals surface area (Å²) in [7, 11) is 0. The molecule has 0 aliphatic heterocycles. The maximum Gasteiger partial charge on any atom is 0.180 e. The number of benzene rings is 1. The number of anilines is 1. The molecule has 0 radical (unpaired) electrons. The summed E-state index contributed by atoms with van der Waals surface area (Å²) < 4.78 is 0. The van der Waals surface area contributed by atoms with E-state index in [9.17, 15) is 5.11 Å².